The van der Waals surface area contributed by atoms with Crippen molar-refractivity contribution < 1.29 is 53.2 Å². The van der Waals surface area contributed by atoms with E-state index in [0.717, 1.165) is 19.3 Å². The largest absolute Gasteiger partial charge is 0.480 e. The molecule has 0 spiro atoms. The summed E-state index contributed by atoms with van der Waals surface area (Å²) in [7, 11) is 0. The van der Waals surface area contributed by atoms with Crippen LogP contribution in [0.2, 0.25) is 0 Å². The highest BCUT2D eigenvalue weighted by Crippen LogP contribution is 2.13. The molecule has 0 aliphatic rings. The van der Waals surface area contributed by atoms with Crippen LogP contribution in [0.3, 0.4) is 0 Å². The number of amides is 4. The number of H-pyrrole nitrogens is 1. The maximum Gasteiger partial charge on any atom is 0.326 e. The number of nitrogens with zero attached hydrogens (tertiary/aromatic N) is 1. The highest BCUT2D eigenvalue weighted by molar-refractivity contribution is 5.95. The molecule has 0 aliphatic carbocycles. The van der Waals surface area contributed by atoms with Gasteiger partial charge in [-0.15, -0.1) is 0 Å². The van der Waals surface area contributed by atoms with Gasteiger partial charge in [-0.25, -0.2) is 9.78 Å². The first-order valence-electron chi connectivity index (χ1n) is 22.9. The first kappa shape index (κ1) is 56.6. The lowest BCUT2D eigenvalue weighted by Gasteiger charge is -2.27. The number of aliphatic carboxylic acids is 2. The fourth-order valence-corrected chi connectivity index (χ4v) is 6.54. The minimum Gasteiger partial charge on any atom is -0.480 e. The number of carboxylic acids is 2. The van der Waals surface area contributed by atoms with Gasteiger partial charge in [0.25, 0.3) is 0 Å². The fourth-order valence-electron chi connectivity index (χ4n) is 6.54. The number of Topliss-reactive ketones (excluding diaryl/α,β-unsaturated/α-hetero) is 1. The number of carboxylic acid groups (broad SMARTS) is 2. The van der Waals surface area contributed by atoms with E-state index in [1.807, 2.05) is 0 Å². The van der Waals surface area contributed by atoms with Crippen molar-refractivity contribution in [2.45, 2.75) is 173 Å². The molecule has 360 valence electrons. The highest BCUT2D eigenvalue weighted by atomic mass is 16.5. The SMILES string of the molecule is CCCCCCCCCCCCCCCC(=O)N[C@@H](CCC(=O)NCCOCCOCC(=O)NCCCC[C@H](NCC(=O)C(C)(C)NC(=O)[C@@H](N)Cc1cnc[nH]1)C(=O)O)C(=O)O. The van der Waals surface area contributed by atoms with Gasteiger partial charge in [-0.3, -0.25) is 34.1 Å². The lowest BCUT2D eigenvalue weighted by molar-refractivity contribution is -0.142. The van der Waals surface area contributed by atoms with E-state index in [1.54, 1.807) is 6.20 Å². The molecule has 19 nitrogen and oxygen atoms in total. The van der Waals surface area contributed by atoms with Gasteiger partial charge in [-0.1, -0.05) is 84.0 Å². The van der Waals surface area contributed by atoms with E-state index < -0.39 is 47.3 Å². The number of unbranched alkanes of at least 4 members (excludes halogenated alkanes) is 13. The predicted molar refractivity (Wildman–Crippen MR) is 238 cm³/mol. The third-order valence-electron chi connectivity index (χ3n) is 10.5. The summed E-state index contributed by atoms with van der Waals surface area (Å²) in [4.78, 5) is 92.2. The second-order valence-electron chi connectivity index (χ2n) is 16.5. The smallest absolute Gasteiger partial charge is 0.326 e. The summed E-state index contributed by atoms with van der Waals surface area (Å²) in [5.41, 5.74) is 5.33. The molecule has 0 saturated carbocycles. The third kappa shape index (κ3) is 29.5. The van der Waals surface area contributed by atoms with Crippen molar-refractivity contribution in [1.29, 1.82) is 0 Å². The van der Waals surface area contributed by atoms with E-state index in [1.165, 1.54) is 78.0 Å². The zero-order valence-electron chi connectivity index (χ0n) is 38.1. The van der Waals surface area contributed by atoms with E-state index in [0.29, 0.717) is 31.5 Å². The van der Waals surface area contributed by atoms with E-state index in [4.69, 9.17) is 15.2 Å². The van der Waals surface area contributed by atoms with Crippen molar-refractivity contribution in [3.63, 3.8) is 0 Å². The van der Waals surface area contributed by atoms with Crippen molar-refractivity contribution in [3.05, 3.63) is 18.2 Å². The summed E-state index contributed by atoms with van der Waals surface area (Å²) >= 11 is 0. The Morgan fingerprint density at radius 2 is 1.32 bits per heavy atom. The van der Waals surface area contributed by atoms with Crippen molar-refractivity contribution >= 4 is 41.4 Å². The average Bonchev–Trinajstić information content (AvgIpc) is 3.75. The van der Waals surface area contributed by atoms with Gasteiger partial charge in [0, 0.05) is 44.2 Å². The Kier molecular flexibility index (Phi) is 31.4. The molecule has 19 heteroatoms. The Hall–Kier alpha value is -4.46. The molecular weight excluding hydrogens is 817 g/mol. The fraction of sp³-hybridized carbons (Fsp3) is 0.773. The molecule has 0 aliphatic heterocycles. The Bertz CT molecular complexity index is 1460. The quantitative estimate of drug-likeness (QED) is 0.0427. The molecule has 0 bridgehead atoms. The van der Waals surface area contributed by atoms with Gasteiger partial charge in [0.05, 0.1) is 44.3 Å². The van der Waals surface area contributed by atoms with Gasteiger partial charge < -0.3 is 51.7 Å². The van der Waals surface area contributed by atoms with Gasteiger partial charge in [-0.2, -0.15) is 0 Å². The van der Waals surface area contributed by atoms with Crippen LogP contribution in [0.1, 0.15) is 148 Å². The number of hydrogen-bond acceptors (Lipinski definition) is 12. The topological polar surface area (TPSA) is 293 Å². The van der Waals surface area contributed by atoms with Gasteiger partial charge in [0.1, 0.15) is 18.7 Å². The van der Waals surface area contributed by atoms with Crippen molar-refractivity contribution in [2.75, 3.05) is 46.1 Å². The van der Waals surface area contributed by atoms with Crippen molar-refractivity contribution in [1.82, 2.24) is 36.6 Å². The number of carbonyl (C=O) groups excluding carboxylic acids is 5. The Morgan fingerprint density at radius 1 is 0.714 bits per heavy atom. The number of hydrogen-bond donors (Lipinski definition) is 9. The molecule has 4 amide bonds. The molecule has 0 aromatic carbocycles. The zero-order valence-corrected chi connectivity index (χ0v) is 38.1. The van der Waals surface area contributed by atoms with E-state index in [9.17, 15) is 43.8 Å². The summed E-state index contributed by atoms with van der Waals surface area (Å²) in [6.07, 6.45) is 20.1. The minimum absolute atomic E-state index is 0.0297. The highest BCUT2D eigenvalue weighted by Gasteiger charge is 2.32. The summed E-state index contributed by atoms with van der Waals surface area (Å²) in [6.45, 7) is 5.73. The van der Waals surface area contributed by atoms with Crippen LogP contribution in [-0.4, -0.2) is 131 Å². The normalized spacial score (nSPS) is 12.8. The lowest BCUT2D eigenvalue weighted by Crippen LogP contribution is -2.57. The molecule has 0 unspecified atom stereocenters. The summed E-state index contributed by atoms with van der Waals surface area (Å²) < 4.78 is 10.7. The molecule has 0 fully saturated rings. The monoisotopic (exact) mass is 895 g/mol. The van der Waals surface area contributed by atoms with Crippen LogP contribution in [-0.2, 0) is 49.5 Å². The Labute approximate surface area is 373 Å². The molecule has 1 rings (SSSR count). The maximum absolute atomic E-state index is 12.8. The number of aromatic nitrogens is 2. The summed E-state index contributed by atoms with van der Waals surface area (Å²) in [6, 6.07) is -3.06. The standard InChI is InChI=1S/C44H78N8O11/c1-4-5-6-7-8-9-10-11-12-13-14-15-16-20-39(55)51-36(43(60)61)21-22-38(54)48-24-25-62-26-27-63-31-40(56)47-23-18-17-19-35(42(58)59)49-30-37(53)44(2,3)52-41(57)34(45)28-33-29-46-32-50-33/h29,32,34-36,49H,4-28,30-31,45H2,1-3H3,(H,46,50)(H,47,56)(H,48,54)(H,51,55)(H,52,57)(H,58,59)(H,60,61)/t34-,35-,36-/m0/s1. The Balaban J connectivity index is 2.08. The number of nitrogens with two attached hydrogens (primary N) is 1. The second-order valence-corrected chi connectivity index (χ2v) is 16.5. The molecular formula is C44H78N8O11. The molecule has 1 aromatic rings. The molecule has 10 N–H and O–H groups in total. The van der Waals surface area contributed by atoms with Crippen molar-refractivity contribution in [3.8, 4) is 0 Å². The molecule has 0 saturated heterocycles. The van der Waals surface area contributed by atoms with Gasteiger partial charge in [0.15, 0.2) is 5.78 Å². The number of aromatic amines is 1. The molecule has 0 radical (unpaired) electrons. The van der Waals surface area contributed by atoms with Crippen LogP contribution in [0.4, 0.5) is 0 Å². The average molecular weight is 895 g/mol. The van der Waals surface area contributed by atoms with Gasteiger partial charge in [-0.05, 0) is 46.0 Å². The van der Waals surface area contributed by atoms with E-state index >= 15 is 0 Å². The molecule has 1 heterocycles. The number of imidazole rings is 1. The number of nitrogens with one attached hydrogen (secondary N) is 6. The second kappa shape index (κ2) is 35.0. The maximum atomic E-state index is 12.8. The first-order valence-corrected chi connectivity index (χ1v) is 22.9. The number of carbonyl (C=O) groups is 7. The van der Waals surface area contributed by atoms with Crippen molar-refractivity contribution in [2.24, 2.45) is 5.73 Å². The van der Waals surface area contributed by atoms with Crippen LogP contribution in [0.15, 0.2) is 12.5 Å². The van der Waals surface area contributed by atoms with Crippen LogP contribution in [0.5, 0.6) is 0 Å². The summed E-state index contributed by atoms with van der Waals surface area (Å²) in [5, 5.41) is 32.4. The van der Waals surface area contributed by atoms with E-state index in [-0.39, 0.29) is 89.3 Å². The number of ether oxygens (including phenoxy) is 2. The zero-order chi connectivity index (χ0) is 46.7. The van der Waals surface area contributed by atoms with E-state index in [2.05, 4.69) is 43.5 Å². The molecule has 63 heavy (non-hydrogen) atoms. The van der Waals surface area contributed by atoms with Gasteiger partial charge >= 0.3 is 11.9 Å². The van der Waals surface area contributed by atoms with Crippen LogP contribution >= 0.6 is 0 Å². The first-order chi connectivity index (χ1) is 30.2. The lowest BCUT2D eigenvalue weighted by atomic mass is 9.97. The minimum atomic E-state index is -1.29. The predicted octanol–water partition coefficient (Wildman–Crippen LogP) is 3.05. The van der Waals surface area contributed by atoms with Crippen LogP contribution < -0.4 is 32.3 Å². The van der Waals surface area contributed by atoms with Crippen LogP contribution in [0.25, 0.3) is 0 Å². The molecule has 3 atom stereocenters. The van der Waals surface area contributed by atoms with Gasteiger partial charge in [0.2, 0.25) is 23.6 Å². The number of rotatable bonds is 41. The number of ketones is 1. The molecule has 1 aromatic heterocycles. The third-order valence-corrected chi connectivity index (χ3v) is 10.5. The Morgan fingerprint density at radius 3 is 1.92 bits per heavy atom. The van der Waals surface area contributed by atoms with Crippen LogP contribution in [0, 0.1) is 0 Å². The summed E-state index contributed by atoms with van der Waals surface area (Å²) in [5.74, 6) is -4.30.